The standard InChI is InChI=1S/C17H35N3/c1-17(2,3)20-12-10-19(11-13-20)14-15-8-6-5-7-9-16(15)18-4/h15-16,18H,5-14H2,1-4H3. The van der Waals surface area contributed by atoms with Crippen LogP contribution in [-0.4, -0.2) is 61.2 Å². The van der Waals surface area contributed by atoms with Crippen molar-refractivity contribution in [2.24, 2.45) is 5.92 Å². The van der Waals surface area contributed by atoms with E-state index in [9.17, 15) is 0 Å². The lowest BCUT2D eigenvalue weighted by Crippen LogP contribution is -2.54. The van der Waals surface area contributed by atoms with E-state index >= 15 is 0 Å². The molecule has 2 rings (SSSR count). The van der Waals surface area contributed by atoms with Crippen molar-refractivity contribution in [3.05, 3.63) is 0 Å². The number of nitrogens with zero attached hydrogens (tertiary/aromatic N) is 2. The topological polar surface area (TPSA) is 18.5 Å². The van der Waals surface area contributed by atoms with E-state index in [4.69, 9.17) is 0 Å². The van der Waals surface area contributed by atoms with Crippen molar-refractivity contribution >= 4 is 0 Å². The van der Waals surface area contributed by atoms with Crippen LogP contribution in [0.5, 0.6) is 0 Å². The lowest BCUT2D eigenvalue weighted by Gasteiger charge is -2.43. The van der Waals surface area contributed by atoms with Gasteiger partial charge < -0.3 is 10.2 Å². The van der Waals surface area contributed by atoms with Crippen LogP contribution in [0.2, 0.25) is 0 Å². The van der Waals surface area contributed by atoms with Crippen molar-refractivity contribution in [2.45, 2.75) is 64.5 Å². The molecule has 3 nitrogen and oxygen atoms in total. The van der Waals surface area contributed by atoms with Gasteiger partial charge in [0.05, 0.1) is 0 Å². The number of hydrogen-bond acceptors (Lipinski definition) is 3. The van der Waals surface area contributed by atoms with E-state index in [0.29, 0.717) is 5.54 Å². The lowest BCUT2D eigenvalue weighted by molar-refractivity contribution is 0.0515. The molecule has 118 valence electrons. The number of piperazine rings is 1. The second-order valence-corrected chi connectivity index (χ2v) is 7.75. The summed E-state index contributed by atoms with van der Waals surface area (Å²) in [5.74, 6) is 0.865. The highest BCUT2D eigenvalue weighted by molar-refractivity contribution is 4.85. The summed E-state index contributed by atoms with van der Waals surface area (Å²) in [6.07, 6.45) is 7.09. The van der Waals surface area contributed by atoms with Gasteiger partial charge in [0.1, 0.15) is 0 Å². The van der Waals surface area contributed by atoms with Gasteiger partial charge in [-0.15, -0.1) is 0 Å². The Kier molecular flexibility index (Phi) is 5.88. The van der Waals surface area contributed by atoms with Crippen LogP contribution in [0.3, 0.4) is 0 Å². The number of nitrogens with one attached hydrogen (secondary N) is 1. The number of rotatable bonds is 3. The zero-order valence-electron chi connectivity index (χ0n) is 14.1. The summed E-state index contributed by atoms with van der Waals surface area (Å²) in [5.41, 5.74) is 0.335. The van der Waals surface area contributed by atoms with Crippen molar-refractivity contribution in [1.82, 2.24) is 15.1 Å². The van der Waals surface area contributed by atoms with Gasteiger partial charge in [-0.25, -0.2) is 0 Å². The minimum absolute atomic E-state index is 0.335. The van der Waals surface area contributed by atoms with Gasteiger partial charge in [0, 0.05) is 44.3 Å². The van der Waals surface area contributed by atoms with Crippen LogP contribution >= 0.6 is 0 Å². The minimum atomic E-state index is 0.335. The molecule has 1 saturated carbocycles. The maximum Gasteiger partial charge on any atom is 0.0126 e. The van der Waals surface area contributed by atoms with Gasteiger partial charge in [0.2, 0.25) is 0 Å². The van der Waals surface area contributed by atoms with E-state index in [2.05, 4.69) is 42.9 Å². The summed E-state index contributed by atoms with van der Waals surface area (Å²) >= 11 is 0. The highest BCUT2D eigenvalue weighted by atomic mass is 15.3. The molecule has 20 heavy (non-hydrogen) atoms. The normalized spacial score (nSPS) is 31.2. The van der Waals surface area contributed by atoms with Gasteiger partial charge in [-0.3, -0.25) is 4.90 Å². The van der Waals surface area contributed by atoms with E-state index < -0.39 is 0 Å². The van der Waals surface area contributed by atoms with Crippen LogP contribution in [0.4, 0.5) is 0 Å². The van der Waals surface area contributed by atoms with Crippen molar-refractivity contribution in [2.75, 3.05) is 39.8 Å². The molecule has 1 aliphatic carbocycles. The Balaban J connectivity index is 1.81. The summed E-state index contributed by atoms with van der Waals surface area (Å²) < 4.78 is 0. The van der Waals surface area contributed by atoms with Crippen molar-refractivity contribution in [1.29, 1.82) is 0 Å². The first-order chi connectivity index (χ1) is 9.50. The molecule has 1 saturated heterocycles. The second-order valence-electron chi connectivity index (χ2n) is 7.75. The molecule has 1 N–H and O–H groups in total. The van der Waals surface area contributed by atoms with Crippen LogP contribution < -0.4 is 5.32 Å². The molecule has 0 aromatic carbocycles. The summed E-state index contributed by atoms with van der Waals surface area (Å²) in [6.45, 7) is 13.3. The van der Waals surface area contributed by atoms with E-state index in [1.54, 1.807) is 0 Å². The molecule has 1 heterocycles. The highest BCUT2D eigenvalue weighted by Crippen LogP contribution is 2.25. The molecular weight excluding hydrogens is 246 g/mol. The van der Waals surface area contributed by atoms with Crippen LogP contribution in [0.15, 0.2) is 0 Å². The highest BCUT2D eigenvalue weighted by Gasteiger charge is 2.29. The molecule has 2 fully saturated rings. The van der Waals surface area contributed by atoms with Crippen LogP contribution in [0.1, 0.15) is 52.9 Å². The Morgan fingerprint density at radius 3 is 2.20 bits per heavy atom. The predicted molar refractivity (Wildman–Crippen MR) is 87.2 cm³/mol. The minimum Gasteiger partial charge on any atom is -0.317 e. The fraction of sp³-hybridized carbons (Fsp3) is 1.00. The molecular formula is C17H35N3. The molecule has 0 bridgehead atoms. The molecule has 0 aromatic rings. The Bertz CT molecular complexity index is 276. The molecule has 0 spiro atoms. The zero-order valence-corrected chi connectivity index (χ0v) is 14.1. The predicted octanol–water partition coefficient (Wildman–Crippen LogP) is 2.57. The monoisotopic (exact) mass is 281 g/mol. The van der Waals surface area contributed by atoms with Crippen molar-refractivity contribution < 1.29 is 0 Å². The van der Waals surface area contributed by atoms with Gasteiger partial charge in [0.25, 0.3) is 0 Å². The zero-order chi connectivity index (χ0) is 14.6. The molecule has 2 atom stereocenters. The van der Waals surface area contributed by atoms with Crippen molar-refractivity contribution in [3.63, 3.8) is 0 Å². The largest absolute Gasteiger partial charge is 0.317 e. The van der Waals surface area contributed by atoms with E-state index in [1.807, 2.05) is 0 Å². The summed E-state index contributed by atoms with van der Waals surface area (Å²) in [4.78, 5) is 5.34. The molecule has 0 aromatic heterocycles. The van der Waals surface area contributed by atoms with Gasteiger partial charge in [0.15, 0.2) is 0 Å². The fourth-order valence-electron chi connectivity index (χ4n) is 3.92. The summed E-state index contributed by atoms with van der Waals surface area (Å²) in [5, 5.41) is 3.58. The summed E-state index contributed by atoms with van der Waals surface area (Å²) in [7, 11) is 2.15. The van der Waals surface area contributed by atoms with Gasteiger partial charge in [-0.05, 0) is 46.6 Å². The van der Waals surface area contributed by atoms with Gasteiger partial charge in [-0.1, -0.05) is 19.3 Å². The summed E-state index contributed by atoms with van der Waals surface area (Å²) in [6, 6.07) is 0.748. The smallest absolute Gasteiger partial charge is 0.0126 e. The lowest BCUT2D eigenvalue weighted by atomic mass is 9.94. The van der Waals surface area contributed by atoms with Gasteiger partial charge in [-0.2, -0.15) is 0 Å². The molecule has 0 radical (unpaired) electrons. The second kappa shape index (κ2) is 7.24. The Hall–Kier alpha value is -0.120. The quantitative estimate of drug-likeness (QED) is 0.802. The first-order valence-electron chi connectivity index (χ1n) is 8.65. The third kappa shape index (κ3) is 4.44. The number of hydrogen-bond donors (Lipinski definition) is 1. The van der Waals surface area contributed by atoms with E-state index in [-0.39, 0.29) is 0 Å². The van der Waals surface area contributed by atoms with E-state index in [1.165, 1.54) is 64.8 Å². The first kappa shape index (κ1) is 16.3. The average Bonchev–Trinajstić information content (AvgIpc) is 2.63. The Morgan fingerprint density at radius 2 is 1.60 bits per heavy atom. The third-order valence-corrected chi connectivity index (χ3v) is 5.34. The fourth-order valence-corrected chi connectivity index (χ4v) is 3.92. The molecule has 1 aliphatic heterocycles. The van der Waals surface area contributed by atoms with Crippen LogP contribution in [0.25, 0.3) is 0 Å². The maximum absolute atomic E-state index is 3.58. The van der Waals surface area contributed by atoms with Crippen molar-refractivity contribution in [3.8, 4) is 0 Å². The molecule has 0 amide bonds. The Morgan fingerprint density at radius 1 is 0.950 bits per heavy atom. The third-order valence-electron chi connectivity index (χ3n) is 5.34. The first-order valence-corrected chi connectivity index (χ1v) is 8.65. The van der Waals surface area contributed by atoms with Crippen LogP contribution in [-0.2, 0) is 0 Å². The molecule has 2 aliphatic rings. The van der Waals surface area contributed by atoms with Gasteiger partial charge >= 0.3 is 0 Å². The SMILES string of the molecule is CNC1CCCCCC1CN1CCN(C(C)(C)C)CC1. The average molecular weight is 281 g/mol. The molecule has 3 heteroatoms. The maximum atomic E-state index is 3.58. The van der Waals surface area contributed by atoms with Crippen LogP contribution in [0, 0.1) is 5.92 Å². The molecule has 2 unspecified atom stereocenters. The van der Waals surface area contributed by atoms with E-state index in [0.717, 1.165) is 12.0 Å². The Labute approximate surface area is 126 Å².